The summed E-state index contributed by atoms with van der Waals surface area (Å²) < 4.78 is 25.3. The molecule has 4 aliphatic rings. The van der Waals surface area contributed by atoms with Crippen molar-refractivity contribution in [2.75, 3.05) is 13.7 Å². The largest absolute Gasteiger partial charge is 0.494 e. The minimum atomic E-state index is -1.39. The van der Waals surface area contributed by atoms with Crippen molar-refractivity contribution in [3.05, 3.63) is 41.6 Å². The smallest absolute Gasteiger partial charge is 0.254 e. The van der Waals surface area contributed by atoms with E-state index in [-0.39, 0.29) is 29.9 Å². The fraction of sp³-hybridized carbons (Fsp3) is 0.543. The summed E-state index contributed by atoms with van der Waals surface area (Å²) in [5.74, 6) is 1.02. The molecule has 3 fully saturated rings. The highest BCUT2D eigenvalue weighted by Gasteiger charge is 2.59. The van der Waals surface area contributed by atoms with Crippen LogP contribution in [0.25, 0.3) is 33.6 Å². The summed E-state index contributed by atoms with van der Waals surface area (Å²) in [6.07, 6.45) is 6.18. The van der Waals surface area contributed by atoms with Crippen LogP contribution in [0.5, 0.6) is 5.75 Å². The molecule has 1 saturated heterocycles. The highest BCUT2D eigenvalue weighted by Crippen LogP contribution is 2.51. The number of benzene rings is 1. The minimum Gasteiger partial charge on any atom is -0.494 e. The van der Waals surface area contributed by atoms with Crippen molar-refractivity contribution < 1.29 is 18.7 Å². The second-order valence-electron chi connectivity index (χ2n) is 14.1. The number of likely N-dealkylation sites (tertiary alicyclic amines) is 1. The third-order valence-electron chi connectivity index (χ3n) is 11.2. The van der Waals surface area contributed by atoms with Gasteiger partial charge in [-0.05, 0) is 81.7 Å². The molecule has 10 nitrogen and oxygen atoms in total. The number of methoxy groups -OCH3 is 1. The number of carbonyl (C=O) groups excluding carboxylic acids is 2. The van der Waals surface area contributed by atoms with E-state index in [1.54, 1.807) is 7.11 Å². The van der Waals surface area contributed by atoms with E-state index in [0.717, 1.165) is 72.3 Å². The molecule has 6 atom stereocenters. The molecule has 8 rings (SSSR count). The van der Waals surface area contributed by atoms with E-state index in [2.05, 4.69) is 16.0 Å². The predicted octanol–water partition coefficient (Wildman–Crippen LogP) is 5.03. The number of nitrogens with zero attached hydrogens (tertiary/aromatic N) is 5. The van der Waals surface area contributed by atoms with Crippen molar-refractivity contribution >= 4 is 33.9 Å². The number of piperidine rings is 1. The fourth-order valence-electron chi connectivity index (χ4n) is 8.35. The maximum absolute atomic E-state index is 15.2. The highest BCUT2D eigenvalue weighted by molar-refractivity contribution is 6.00. The summed E-state index contributed by atoms with van der Waals surface area (Å²) >= 11 is 0. The molecular formula is C35H42FN7O3. The van der Waals surface area contributed by atoms with Gasteiger partial charge in [0.2, 0.25) is 5.91 Å². The van der Waals surface area contributed by atoms with Crippen LogP contribution >= 0.6 is 0 Å². The van der Waals surface area contributed by atoms with Crippen molar-refractivity contribution in [2.45, 2.75) is 88.6 Å². The predicted molar refractivity (Wildman–Crippen MR) is 173 cm³/mol. The Bertz CT molecular complexity index is 1880. The van der Waals surface area contributed by atoms with Gasteiger partial charge in [-0.25, -0.2) is 14.4 Å². The molecule has 4 bridgehead atoms. The maximum atomic E-state index is 15.2. The van der Waals surface area contributed by atoms with Crippen LogP contribution in [0.4, 0.5) is 4.39 Å². The Morgan fingerprint density at radius 3 is 2.83 bits per heavy atom. The number of aromatic nitrogens is 4. The zero-order valence-electron chi connectivity index (χ0n) is 26.8. The van der Waals surface area contributed by atoms with Crippen molar-refractivity contribution in [1.82, 2.24) is 29.3 Å². The number of aryl methyl sites for hydroxylation is 2. The number of carbonyl (C=O) groups is 2. The van der Waals surface area contributed by atoms with Crippen LogP contribution in [0.15, 0.2) is 30.3 Å². The second-order valence-corrected chi connectivity index (χ2v) is 14.1. The summed E-state index contributed by atoms with van der Waals surface area (Å²) in [5.41, 5.74) is 9.55. The molecule has 2 amide bonds. The number of hydrogen-bond acceptors (Lipinski definition) is 6. The summed E-state index contributed by atoms with van der Waals surface area (Å²) in [4.78, 5) is 38.8. The van der Waals surface area contributed by atoms with E-state index in [0.29, 0.717) is 48.7 Å². The number of hydrogen-bond donors (Lipinski definition) is 2. The van der Waals surface area contributed by atoms with Gasteiger partial charge in [-0.15, -0.1) is 0 Å². The van der Waals surface area contributed by atoms with Crippen molar-refractivity contribution in [1.29, 1.82) is 0 Å². The lowest BCUT2D eigenvalue weighted by Crippen LogP contribution is -2.51. The fourth-order valence-corrected chi connectivity index (χ4v) is 8.35. The normalized spacial score (nSPS) is 29.5. The van der Waals surface area contributed by atoms with Gasteiger partial charge in [0, 0.05) is 43.2 Å². The van der Waals surface area contributed by atoms with E-state index in [4.69, 9.17) is 20.4 Å². The van der Waals surface area contributed by atoms with Crippen molar-refractivity contribution in [2.24, 2.45) is 24.6 Å². The Morgan fingerprint density at radius 1 is 1.15 bits per heavy atom. The molecule has 4 aromatic rings. The molecule has 2 aliphatic carbocycles. The zero-order valence-corrected chi connectivity index (χ0v) is 26.8. The molecule has 3 N–H and O–H groups in total. The van der Waals surface area contributed by atoms with Gasteiger partial charge in [0.15, 0.2) is 5.82 Å². The molecule has 0 unspecified atom stereocenters. The van der Waals surface area contributed by atoms with E-state index in [1.165, 1.54) is 0 Å². The first-order valence-electron chi connectivity index (χ1n) is 16.8. The number of fused-ring (bicyclic) bond motifs is 5. The molecule has 2 saturated carbocycles. The molecular weight excluding hydrogens is 585 g/mol. The van der Waals surface area contributed by atoms with Crippen LogP contribution in [-0.4, -0.2) is 67.2 Å². The van der Waals surface area contributed by atoms with E-state index in [9.17, 15) is 9.59 Å². The van der Waals surface area contributed by atoms with Crippen LogP contribution in [0.1, 0.15) is 80.4 Å². The van der Waals surface area contributed by atoms with Gasteiger partial charge < -0.3 is 29.8 Å². The van der Waals surface area contributed by atoms with Crippen molar-refractivity contribution in [3.8, 4) is 17.3 Å². The van der Waals surface area contributed by atoms with Gasteiger partial charge in [0.1, 0.15) is 22.6 Å². The number of rotatable bonds is 3. The monoisotopic (exact) mass is 627 g/mol. The Hall–Kier alpha value is -3.99. The number of imidazole rings is 1. The molecule has 242 valence electrons. The Kier molecular flexibility index (Phi) is 6.90. The van der Waals surface area contributed by atoms with Crippen molar-refractivity contribution in [3.63, 3.8) is 0 Å². The summed E-state index contributed by atoms with van der Waals surface area (Å²) in [6.45, 7) is 3.17. The number of nitrogens with one attached hydrogen (secondary N) is 1. The van der Waals surface area contributed by atoms with Gasteiger partial charge >= 0.3 is 0 Å². The Labute approximate surface area is 267 Å². The van der Waals surface area contributed by atoms with Gasteiger partial charge in [-0.2, -0.15) is 0 Å². The average Bonchev–Trinajstić information content (AvgIpc) is 3.32. The number of pyridine rings is 1. The lowest BCUT2D eigenvalue weighted by molar-refractivity contribution is -0.124. The molecule has 1 aromatic carbocycles. The number of amides is 2. The number of halogens is 1. The van der Waals surface area contributed by atoms with Gasteiger partial charge in [0.25, 0.3) is 5.91 Å². The van der Waals surface area contributed by atoms with Gasteiger partial charge in [-0.3, -0.25) is 9.59 Å². The van der Waals surface area contributed by atoms with Crippen LogP contribution in [0.3, 0.4) is 0 Å². The molecule has 0 spiro atoms. The van der Waals surface area contributed by atoms with Crippen LogP contribution in [0, 0.1) is 11.8 Å². The molecule has 11 heteroatoms. The SMILES string of the molecule is COc1cc(C(=O)N2C[C@H](N)[C@@H]3CC[C@H]2C3)cc2nc(-c3cc4ccc5nc4n3CCCCC[C@@]3(F)C[C@H]3C(=O)N[C@@H]5C)n(C)c12. The molecule has 2 aliphatic heterocycles. The first-order valence-corrected chi connectivity index (χ1v) is 16.8. The number of nitrogens with two attached hydrogens (primary N) is 1. The summed E-state index contributed by atoms with van der Waals surface area (Å²) in [5, 5.41) is 3.97. The molecule has 3 aromatic heterocycles. The van der Waals surface area contributed by atoms with Crippen LogP contribution in [0.2, 0.25) is 0 Å². The second kappa shape index (κ2) is 10.8. The first-order chi connectivity index (χ1) is 22.1. The number of ether oxygens (including phenoxy) is 1. The third kappa shape index (κ3) is 4.68. The Morgan fingerprint density at radius 2 is 2.00 bits per heavy atom. The molecule has 46 heavy (non-hydrogen) atoms. The van der Waals surface area contributed by atoms with Gasteiger partial charge in [0.05, 0.1) is 36.0 Å². The summed E-state index contributed by atoms with van der Waals surface area (Å²) in [6, 6.07) is 9.65. The lowest BCUT2D eigenvalue weighted by atomic mass is 9.94. The quantitative estimate of drug-likeness (QED) is 0.329. The molecule has 0 radical (unpaired) electrons. The number of alkyl halides is 1. The van der Waals surface area contributed by atoms with E-state index < -0.39 is 11.6 Å². The van der Waals surface area contributed by atoms with E-state index >= 15 is 4.39 Å². The standard InChI is InChI=1S/C35H42FN7O3/c1-19-26-10-8-21-15-28(42(31(21)39-26)12-6-4-5-11-35(36)17-24(35)33(44)38-19)32-40-27-14-22(16-29(46-3)30(27)41(32)2)34(45)43-18-25(37)20-7-9-23(43)13-20/h8,10,14-16,19-20,23-25H,4-7,9,11-13,17-18,37H2,1-3H3,(H,38,44)/t19-,20-,23+,24+,25+,35-/m1/s1. The van der Waals surface area contributed by atoms with Crippen LogP contribution < -0.4 is 15.8 Å². The summed E-state index contributed by atoms with van der Waals surface area (Å²) in [7, 11) is 3.59. The third-order valence-corrected chi connectivity index (χ3v) is 11.2. The van der Waals surface area contributed by atoms with E-state index in [1.807, 2.05) is 47.7 Å². The minimum absolute atomic E-state index is 0.0108. The molecule has 5 heterocycles. The lowest BCUT2D eigenvalue weighted by Gasteiger charge is -2.37. The average molecular weight is 628 g/mol. The van der Waals surface area contributed by atoms with Crippen LogP contribution in [-0.2, 0) is 18.4 Å². The topological polar surface area (TPSA) is 120 Å². The maximum Gasteiger partial charge on any atom is 0.254 e. The zero-order chi connectivity index (χ0) is 31.9. The van der Waals surface area contributed by atoms with Gasteiger partial charge in [-0.1, -0.05) is 12.8 Å². The Balaban J connectivity index is 1.19. The first kappa shape index (κ1) is 29.4. The highest BCUT2D eigenvalue weighted by atomic mass is 19.1.